The molecule has 130 valence electrons. The molecule has 2 atom stereocenters. The van der Waals surface area contributed by atoms with Gasteiger partial charge in [0.05, 0.1) is 12.8 Å². The number of urea groups is 1. The van der Waals surface area contributed by atoms with Crippen LogP contribution in [0, 0.1) is 5.92 Å². The molecule has 0 saturated carbocycles. The quantitative estimate of drug-likeness (QED) is 0.717. The van der Waals surface area contributed by atoms with E-state index in [1.807, 2.05) is 25.5 Å². The summed E-state index contributed by atoms with van der Waals surface area (Å²) in [5, 5.41) is 6.12. The Hall–Kier alpha value is -2.25. The van der Waals surface area contributed by atoms with E-state index in [4.69, 9.17) is 0 Å². The largest absolute Gasteiger partial charge is 0.416 e. The normalized spacial score (nSPS) is 26.9. The van der Waals surface area contributed by atoms with Crippen LogP contribution in [-0.4, -0.2) is 81.6 Å². The van der Waals surface area contributed by atoms with Crippen LogP contribution in [0.3, 0.4) is 0 Å². The van der Waals surface area contributed by atoms with Crippen LogP contribution in [0.4, 0.5) is 4.79 Å². The Balaban J connectivity index is 1.98. The maximum Gasteiger partial charge on any atom is 0.416 e. The van der Waals surface area contributed by atoms with Gasteiger partial charge in [0.25, 0.3) is 5.91 Å². The van der Waals surface area contributed by atoms with Crippen LogP contribution in [0.5, 0.6) is 0 Å². The van der Waals surface area contributed by atoms with Crippen LogP contribution < -0.4 is 0 Å². The van der Waals surface area contributed by atoms with E-state index >= 15 is 0 Å². The number of nitrogens with zero attached hydrogens (tertiary/aromatic N) is 6. The van der Waals surface area contributed by atoms with Gasteiger partial charge in [0.1, 0.15) is 6.04 Å². The average molecular weight is 333 g/mol. The number of fused-ring (bicyclic) bond motifs is 2. The second kappa shape index (κ2) is 5.68. The van der Waals surface area contributed by atoms with Crippen molar-refractivity contribution in [1.29, 1.82) is 0 Å². The number of hydrogen-bond donors (Lipinski definition) is 0. The third-order valence-electron chi connectivity index (χ3n) is 4.88. The topological polar surface area (TPSA) is 71.6 Å². The second-order valence-corrected chi connectivity index (χ2v) is 7.03. The van der Waals surface area contributed by atoms with Gasteiger partial charge in [-0.05, 0) is 26.2 Å². The molecule has 8 heteroatoms. The number of rotatable bonds is 3. The third-order valence-corrected chi connectivity index (χ3v) is 4.88. The minimum absolute atomic E-state index is 0.0417. The van der Waals surface area contributed by atoms with E-state index in [1.165, 1.54) is 9.80 Å². The Labute approximate surface area is 142 Å². The van der Waals surface area contributed by atoms with Gasteiger partial charge in [0, 0.05) is 13.6 Å². The van der Waals surface area contributed by atoms with Crippen molar-refractivity contribution < 1.29 is 14.2 Å². The van der Waals surface area contributed by atoms with E-state index < -0.39 is 6.04 Å². The zero-order valence-corrected chi connectivity index (χ0v) is 15.1. The standard InChI is InChI=1S/C16H25N6O2/c1-9(2)7-8-21-14(23)12-13(19(5)16(21)24)17-15-20(6)18-10(3)11(4)22(12)15/h9,11-12H,7-8H2,1-6H3/q+1. The molecule has 0 N–H and O–H groups in total. The van der Waals surface area contributed by atoms with Gasteiger partial charge < -0.3 is 0 Å². The summed E-state index contributed by atoms with van der Waals surface area (Å²) < 4.78 is 1.96. The molecule has 3 amide bonds. The van der Waals surface area contributed by atoms with Gasteiger partial charge in [-0.2, -0.15) is 0 Å². The predicted octanol–water partition coefficient (Wildman–Crippen LogP) is 0.786. The lowest BCUT2D eigenvalue weighted by Crippen LogP contribution is -2.64. The summed E-state index contributed by atoms with van der Waals surface area (Å²) in [5.41, 5.74) is 0.916. The molecule has 3 rings (SSSR count). The number of guanidine groups is 1. The number of imide groups is 1. The first-order valence-corrected chi connectivity index (χ1v) is 8.35. The molecule has 24 heavy (non-hydrogen) atoms. The van der Waals surface area contributed by atoms with Crippen LogP contribution >= 0.6 is 0 Å². The van der Waals surface area contributed by atoms with Crippen LogP contribution in [0.1, 0.15) is 34.1 Å². The number of amidine groups is 1. The molecule has 0 spiro atoms. The minimum Gasteiger partial charge on any atom is -0.270 e. The van der Waals surface area contributed by atoms with Gasteiger partial charge in [0.15, 0.2) is 0 Å². The highest BCUT2D eigenvalue weighted by atomic mass is 16.2. The van der Waals surface area contributed by atoms with E-state index in [2.05, 4.69) is 23.9 Å². The first kappa shape index (κ1) is 16.6. The van der Waals surface area contributed by atoms with Crippen molar-refractivity contribution in [3.05, 3.63) is 0 Å². The fraction of sp³-hybridized carbons (Fsp3) is 0.688. The predicted molar refractivity (Wildman–Crippen MR) is 91.2 cm³/mol. The summed E-state index contributed by atoms with van der Waals surface area (Å²) >= 11 is 0. The van der Waals surface area contributed by atoms with E-state index in [0.29, 0.717) is 24.3 Å². The summed E-state index contributed by atoms with van der Waals surface area (Å²) in [6.45, 7) is 8.54. The number of hydrogen-bond acceptors (Lipinski definition) is 5. The zero-order chi connectivity index (χ0) is 17.8. The minimum atomic E-state index is -0.558. The van der Waals surface area contributed by atoms with Gasteiger partial charge in [-0.1, -0.05) is 18.8 Å². The highest BCUT2D eigenvalue weighted by Crippen LogP contribution is 2.25. The van der Waals surface area contributed by atoms with Gasteiger partial charge in [0.2, 0.25) is 11.9 Å². The van der Waals surface area contributed by atoms with Crippen LogP contribution in [0.15, 0.2) is 10.1 Å². The van der Waals surface area contributed by atoms with Crippen molar-refractivity contribution in [3.8, 4) is 0 Å². The lowest BCUT2D eigenvalue weighted by Gasteiger charge is -2.35. The molecule has 0 aromatic rings. The Morgan fingerprint density at radius 2 is 1.92 bits per heavy atom. The molecular formula is C16H25N6O2+. The van der Waals surface area contributed by atoms with Crippen molar-refractivity contribution in [2.45, 2.75) is 46.2 Å². The number of amides is 3. The lowest BCUT2D eigenvalue weighted by molar-refractivity contribution is -0.558. The number of likely N-dealkylation sites (N-methyl/N-ethyl adjacent to an activating group) is 1. The number of carbonyl (C=O) groups is 2. The lowest BCUT2D eigenvalue weighted by atomic mass is 10.1. The average Bonchev–Trinajstić information content (AvgIpc) is 2.91. The van der Waals surface area contributed by atoms with Crippen LogP contribution in [0.25, 0.3) is 0 Å². The number of aliphatic imine (C=N–C) groups is 1. The van der Waals surface area contributed by atoms with Gasteiger partial charge in [-0.25, -0.2) is 9.37 Å². The van der Waals surface area contributed by atoms with Crippen LogP contribution in [-0.2, 0) is 4.79 Å². The van der Waals surface area contributed by atoms with E-state index in [9.17, 15) is 9.59 Å². The Bertz CT molecular complexity index is 693. The van der Waals surface area contributed by atoms with E-state index in [0.717, 1.165) is 12.1 Å². The van der Waals surface area contributed by atoms with Crippen molar-refractivity contribution in [2.75, 3.05) is 20.6 Å². The fourth-order valence-electron chi connectivity index (χ4n) is 3.27. The molecule has 0 radical (unpaired) electrons. The summed E-state index contributed by atoms with van der Waals surface area (Å²) in [7, 11) is 3.49. The maximum atomic E-state index is 13.1. The van der Waals surface area contributed by atoms with Crippen LogP contribution in [0.2, 0.25) is 0 Å². The first-order chi connectivity index (χ1) is 11.2. The molecule has 3 heterocycles. The van der Waals surface area contributed by atoms with Crippen molar-refractivity contribution in [1.82, 2.24) is 14.8 Å². The van der Waals surface area contributed by atoms with Gasteiger partial charge in [-0.15, -0.1) is 10.1 Å². The smallest absolute Gasteiger partial charge is 0.270 e. The molecule has 3 aliphatic heterocycles. The van der Waals surface area contributed by atoms with Gasteiger partial charge >= 0.3 is 12.0 Å². The SMILES string of the molecule is CC1=NN(C)C2=[N+](C1C)C1C(=O)N(CCC(C)C)C(=O)N(C)C1=N2. The molecule has 1 fully saturated rings. The molecular weight excluding hydrogens is 308 g/mol. The summed E-state index contributed by atoms with van der Waals surface area (Å²) in [6.07, 6.45) is 0.789. The molecule has 3 aliphatic rings. The molecule has 8 nitrogen and oxygen atoms in total. The maximum absolute atomic E-state index is 13.1. The van der Waals surface area contributed by atoms with Crippen molar-refractivity contribution >= 4 is 29.4 Å². The number of carbonyl (C=O) groups excluding carboxylic acids is 2. The third kappa shape index (κ3) is 2.32. The molecule has 0 aromatic heterocycles. The molecule has 0 aromatic carbocycles. The molecule has 1 saturated heterocycles. The monoisotopic (exact) mass is 333 g/mol. The zero-order valence-electron chi connectivity index (χ0n) is 15.1. The van der Waals surface area contributed by atoms with Crippen molar-refractivity contribution in [2.24, 2.45) is 16.0 Å². The highest BCUT2D eigenvalue weighted by molar-refractivity contribution is 6.23. The summed E-state index contributed by atoms with van der Waals surface area (Å²) in [4.78, 5) is 33.1. The van der Waals surface area contributed by atoms with E-state index in [1.54, 1.807) is 12.1 Å². The summed E-state index contributed by atoms with van der Waals surface area (Å²) in [6, 6.07) is -0.901. The second-order valence-electron chi connectivity index (χ2n) is 7.03. The van der Waals surface area contributed by atoms with Gasteiger partial charge in [-0.3, -0.25) is 14.6 Å². The molecule has 2 unspecified atom stereocenters. The summed E-state index contributed by atoms with van der Waals surface area (Å²) in [5.74, 6) is 1.34. The molecule has 0 aliphatic carbocycles. The molecule has 0 bridgehead atoms. The Morgan fingerprint density at radius 1 is 1.25 bits per heavy atom. The Morgan fingerprint density at radius 3 is 2.54 bits per heavy atom. The number of hydrazone groups is 1. The van der Waals surface area contributed by atoms with E-state index in [-0.39, 0.29) is 18.0 Å². The fourth-order valence-corrected chi connectivity index (χ4v) is 3.27. The van der Waals surface area contributed by atoms with Crippen molar-refractivity contribution in [3.63, 3.8) is 0 Å². The highest BCUT2D eigenvalue weighted by Gasteiger charge is 2.55. The Kier molecular flexibility index (Phi) is 3.93. The first-order valence-electron chi connectivity index (χ1n) is 8.35.